The highest BCUT2D eigenvalue weighted by Gasteiger charge is 2.59. The highest BCUT2D eigenvalue weighted by Crippen LogP contribution is 2.49. The molecule has 1 aliphatic heterocycles. The number of hydrogen-bond acceptors (Lipinski definition) is 5. The van der Waals surface area contributed by atoms with Crippen LogP contribution < -0.4 is 5.73 Å². The minimum atomic E-state index is -0.997. The second-order valence-electron chi connectivity index (χ2n) is 8.87. The van der Waals surface area contributed by atoms with Crippen LogP contribution in [0.1, 0.15) is 35.4 Å². The largest absolute Gasteiger partial charge is 0.465 e. The number of primary amides is 1. The summed E-state index contributed by atoms with van der Waals surface area (Å²) in [5, 5.41) is 9.61. The minimum absolute atomic E-state index is 0.0328. The van der Waals surface area contributed by atoms with E-state index in [4.69, 9.17) is 5.73 Å². The van der Waals surface area contributed by atoms with E-state index < -0.39 is 17.4 Å². The summed E-state index contributed by atoms with van der Waals surface area (Å²) in [4.78, 5) is 37.3. The lowest BCUT2D eigenvalue weighted by molar-refractivity contribution is -0.135. The Morgan fingerprint density at radius 2 is 1.74 bits per heavy atom. The van der Waals surface area contributed by atoms with Crippen LogP contribution in [0.2, 0.25) is 0 Å². The van der Waals surface area contributed by atoms with Gasteiger partial charge in [0.15, 0.2) is 0 Å². The van der Waals surface area contributed by atoms with Gasteiger partial charge in [-0.3, -0.25) is 19.7 Å². The second kappa shape index (κ2) is 8.26. The molecule has 2 aliphatic rings. The molecule has 164 valence electrons. The molecule has 8 heteroatoms. The van der Waals surface area contributed by atoms with Gasteiger partial charge in [0.25, 0.3) is 0 Å². The predicted molar refractivity (Wildman–Crippen MR) is 115 cm³/mol. The van der Waals surface area contributed by atoms with Crippen LogP contribution in [0.15, 0.2) is 36.7 Å². The molecule has 2 fully saturated rings. The molecule has 3 unspecified atom stereocenters. The lowest BCUT2D eigenvalue weighted by Gasteiger charge is -2.48. The topological polar surface area (TPSA) is 113 Å². The van der Waals surface area contributed by atoms with Crippen molar-refractivity contribution in [3.8, 4) is 0 Å². The molecule has 31 heavy (non-hydrogen) atoms. The third-order valence-corrected chi connectivity index (χ3v) is 7.00. The van der Waals surface area contributed by atoms with Crippen LogP contribution in [-0.4, -0.2) is 56.0 Å². The number of fused-ring (bicyclic) bond motifs is 2. The first kappa shape index (κ1) is 21.2. The first-order chi connectivity index (χ1) is 14.8. The molecule has 2 aromatic rings. The molecule has 1 aliphatic carbocycles. The summed E-state index contributed by atoms with van der Waals surface area (Å²) in [7, 11) is 0. The Bertz CT molecular complexity index is 949. The molecule has 0 spiro atoms. The Kier molecular flexibility index (Phi) is 5.66. The zero-order chi connectivity index (χ0) is 22.2. The van der Waals surface area contributed by atoms with Crippen LogP contribution in [0.3, 0.4) is 0 Å². The summed E-state index contributed by atoms with van der Waals surface area (Å²) in [5.41, 5.74) is 9.09. The molecule has 8 nitrogen and oxygen atoms in total. The number of pyridine rings is 2. The smallest absolute Gasteiger partial charge is 0.407 e. The van der Waals surface area contributed by atoms with Gasteiger partial charge >= 0.3 is 6.09 Å². The van der Waals surface area contributed by atoms with Crippen molar-refractivity contribution < 1.29 is 14.7 Å². The fourth-order valence-electron chi connectivity index (χ4n) is 5.40. The van der Waals surface area contributed by atoms with Gasteiger partial charge < -0.3 is 15.7 Å². The third kappa shape index (κ3) is 3.87. The van der Waals surface area contributed by atoms with Gasteiger partial charge in [-0.1, -0.05) is 12.1 Å². The first-order valence-electron chi connectivity index (χ1n) is 10.6. The van der Waals surface area contributed by atoms with Crippen LogP contribution in [0, 0.1) is 25.2 Å². The van der Waals surface area contributed by atoms with Crippen LogP contribution in [0.25, 0.3) is 0 Å². The van der Waals surface area contributed by atoms with Gasteiger partial charge in [-0.05, 0) is 55.9 Å². The number of piperidine rings is 1. The average Bonchev–Trinajstić information content (AvgIpc) is 2.97. The number of amides is 2. The van der Waals surface area contributed by atoms with E-state index in [9.17, 15) is 14.7 Å². The number of carboxylic acid groups (broad SMARTS) is 1. The Balaban J connectivity index is 1.75. The summed E-state index contributed by atoms with van der Waals surface area (Å²) < 4.78 is 0. The summed E-state index contributed by atoms with van der Waals surface area (Å²) >= 11 is 0. The molecule has 3 atom stereocenters. The maximum Gasteiger partial charge on any atom is 0.407 e. The highest BCUT2D eigenvalue weighted by atomic mass is 16.4. The van der Waals surface area contributed by atoms with Crippen LogP contribution >= 0.6 is 0 Å². The van der Waals surface area contributed by atoms with Crippen LogP contribution in [-0.2, 0) is 17.9 Å². The van der Waals surface area contributed by atoms with Gasteiger partial charge in [-0.2, -0.15) is 0 Å². The molecule has 0 radical (unpaired) electrons. The molecular weight excluding hydrogens is 394 g/mol. The van der Waals surface area contributed by atoms with Crippen LogP contribution in [0.4, 0.5) is 4.79 Å². The predicted octanol–water partition coefficient (Wildman–Crippen LogP) is 2.34. The second-order valence-corrected chi connectivity index (χ2v) is 8.87. The van der Waals surface area contributed by atoms with E-state index in [0.29, 0.717) is 26.1 Å². The summed E-state index contributed by atoms with van der Waals surface area (Å²) in [6, 6.07) is 7.71. The molecule has 1 saturated carbocycles. The molecule has 3 heterocycles. The molecule has 2 bridgehead atoms. The van der Waals surface area contributed by atoms with Gasteiger partial charge in [0.2, 0.25) is 5.91 Å². The molecule has 2 aromatic heterocycles. The fraction of sp³-hybridized carbons (Fsp3) is 0.478. The number of nitrogens with zero attached hydrogens (tertiary/aromatic N) is 4. The average molecular weight is 424 g/mol. The lowest BCUT2D eigenvalue weighted by Crippen LogP contribution is -2.63. The van der Waals surface area contributed by atoms with E-state index >= 15 is 0 Å². The zero-order valence-corrected chi connectivity index (χ0v) is 18.0. The van der Waals surface area contributed by atoms with E-state index in [0.717, 1.165) is 28.9 Å². The fourth-order valence-corrected chi connectivity index (χ4v) is 5.40. The van der Waals surface area contributed by atoms with Crippen molar-refractivity contribution in [2.75, 3.05) is 13.1 Å². The first-order valence-corrected chi connectivity index (χ1v) is 10.6. The Morgan fingerprint density at radius 1 is 1.16 bits per heavy atom. The highest BCUT2D eigenvalue weighted by molar-refractivity contribution is 5.83. The number of rotatable bonds is 6. The summed E-state index contributed by atoms with van der Waals surface area (Å²) in [6.07, 6.45) is 3.93. The van der Waals surface area contributed by atoms with Crippen molar-refractivity contribution >= 4 is 12.0 Å². The van der Waals surface area contributed by atoms with E-state index in [2.05, 4.69) is 14.9 Å². The van der Waals surface area contributed by atoms with E-state index in [1.807, 2.05) is 38.1 Å². The Labute approximate surface area is 182 Å². The lowest BCUT2D eigenvalue weighted by atomic mass is 9.75. The normalized spacial score (nSPS) is 25.1. The number of likely N-dealkylation sites (tertiary alicyclic amines) is 1. The van der Waals surface area contributed by atoms with Crippen molar-refractivity contribution in [3.63, 3.8) is 0 Å². The number of aryl methyl sites for hydroxylation is 2. The number of nitrogens with two attached hydrogens (primary N) is 1. The standard InChI is InChI=1S/C23H29N5O3/c1-15-5-3-9-25-18(15)12-27(13-19-16(2)6-4-10-26-19)20-17-7-8-23(20,21(24)29)14-28(11-17)22(30)31/h3-6,9-10,17,20H,7-8,11-14H2,1-2H3,(H2,24,29)(H,30,31). The van der Waals surface area contributed by atoms with Crippen molar-refractivity contribution in [3.05, 3.63) is 59.2 Å². The zero-order valence-electron chi connectivity index (χ0n) is 18.0. The quantitative estimate of drug-likeness (QED) is 0.737. The van der Waals surface area contributed by atoms with Gasteiger partial charge in [-0.15, -0.1) is 0 Å². The third-order valence-electron chi connectivity index (χ3n) is 7.00. The van der Waals surface area contributed by atoms with Crippen molar-refractivity contribution in [1.29, 1.82) is 0 Å². The van der Waals surface area contributed by atoms with Crippen molar-refractivity contribution in [2.24, 2.45) is 17.1 Å². The Hall–Kier alpha value is -3.00. The van der Waals surface area contributed by atoms with Gasteiger partial charge in [0.1, 0.15) is 0 Å². The molecular formula is C23H29N5O3. The van der Waals surface area contributed by atoms with E-state index in [1.54, 1.807) is 12.4 Å². The van der Waals surface area contributed by atoms with Gasteiger partial charge in [0, 0.05) is 44.6 Å². The number of carbonyl (C=O) groups is 2. The summed E-state index contributed by atoms with van der Waals surface area (Å²) in [6.45, 7) is 5.69. The van der Waals surface area contributed by atoms with Crippen molar-refractivity contribution in [2.45, 2.75) is 45.8 Å². The molecule has 1 saturated heterocycles. The Morgan fingerprint density at radius 3 is 2.23 bits per heavy atom. The van der Waals surface area contributed by atoms with Crippen LogP contribution in [0.5, 0.6) is 0 Å². The molecule has 4 rings (SSSR count). The maximum atomic E-state index is 12.8. The molecule has 2 amide bonds. The van der Waals surface area contributed by atoms with E-state index in [-0.39, 0.29) is 18.5 Å². The monoisotopic (exact) mass is 423 g/mol. The molecule has 0 aromatic carbocycles. The maximum absolute atomic E-state index is 12.8. The molecule has 3 N–H and O–H groups in total. The van der Waals surface area contributed by atoms with Gasteiger partial charge in [0.05, 0.1) is 16.8 Å². The minimum Gasteiger partial charge on any atom is -0.465 e. The van der Waals surface area contributed by atoms with Crippen molar-refractivity contribution in [1.82, 2.24) is 19.8 Å². The number of aromatic nitrogens is 2. The number of hydrogen-bond donors (Lipinski definition) is 2. The SMILES string of the molecule is Cc1cccnc1CN(Cc1ncccc1C)C1C2CCC1(C(N)=O)CN(C(=O)O)C2. The number of carbonyl (C=O) groups excluding carboxylic acids is 1. The summed E-state index contributed by atoms with van der Waals surface area (Å²) in [5.74, 6) is -0.392. The van der Waals surface area contributed by atoms with E-state index in [1.165, 1.54) is 4.90 Å². The van der Waals surface area contributed by atoms with Gasteiger partial charge in [-0.25, -0.2) is 4.79 Å².